The van der Waals surface area contributed by atoms with Crippen molar-refractivity contribution in [1.29, 1.82) is 0 Å². The summed E-state index contributed by atoms with van der Waals surface area (Å²) in [6.45, 7) is 2.93. The first-order valence-electron chi connectivity index (χ1n) is 8.73. The lowest BCUT2D eigenvalue weighted by molar-refractivity contribution is -0.184. The van der Waals surface area contributed by atoms with Gasteiger partial charge in [-0.3, -0.25) is 4.90 Å². The van der Waals surface area contributed by atoms with E-state index in [0.717, 1.165) is 44.6 Å². The number of aliphatic hydroxyl groups excluding tert-OH is 1. The van der Waals surface area contributed by atoms with E-state index >= 15 is 0 Å². The first kappa shape index (κ1) is 16.2. The zero-order valence-corrected chi connectivity index (χ0v) is 14.6. The highest BCUT2D eigenvalue weighted by Gasteiger charge is 2.43. The molecule has 2 aliphatic rings. The van der Waals surface area contributed by atoms with Crippen molar-refractivity contribution in [3.05, 3.63) is 52.5 Å². The van der Waals surface area contributed by atoms with Crippen LogP contribution in [0.4, 0.5) is 0 Å². The summed E-state index contributed by atoms with van der Waals surface area (Å²) in [5.74, 6) is 0. The minimum atomic E-state index is -0.269. The van der Waals surface area contributed by atoms with Gasteiger partial charge < -0.3 is 9.84 Å². The highest BCUT2D eigenvalue weighted by atomic mass is 32.1. The molecule has 2 atom stereocenters. The molecule has 1 aromatic heterocycles. The molecule has 3 heterocycles. The van der Waals surface area contributed by atoms with Crippen molar-refractivity contribution in [1.82, 2.24) is 9.88 Å². The van der Waals surface area contributed by atoms with E-state index in [1.54, 1.807) is 11.3 Å². The molecule has 1 aromatic carbocycles. The molecule has 0 saturated carbocycles. The van der Waals surface area contributed by atoms with E-state index in [4.69, 9.17) is 4.74 Å². The second-order valence-corrected chi connectivity index (χ2v) is 7.77. The summed E-state index contributed by atoms with van der Waals surface area (Å²) in [4.78, 5) is 6.83. The molecule has 2 aromatic rings. The number of benzene rings is 1. The summed E-state index contributed by atoms with van der Waals surface area (Å²) in [6.07, 6.45) is 3.18. The van der Waals surface area contributed by atoms with Gasteiger partial charge in [0.15, 0.2) is 0 Å². The minimum Gasteiger partial charge on any atom is -0.393 e. The van der Waals surface area contributed by atoms with Crippen LogP contribution < -0.4 is 0 Å². The van der Waals surface area contributed by atoms with Crippen molar-refractivity contribution in [2.24, 2.45) is 0 Å². The molecule has 128 valence electrons. The summed E-state index contributed by atoms with van der Waals surface area (Å²) in [5.41, 5.74) is 4.06. The Morgan fingerprint density at radius 1 is 1.25 bits per heavy atom. The molecule has 0 radical (unpaired) electrons. The average Bonchev–Trinajstić information content (AvgIpc) is 3.10. The number of hydrogen-bond donors (Lipinski definition) is 1. The van der Waals surface area contributed by atoms with Crippen molar-refractivity contribution >= 4 is 11.3 Å². The molecule has 2 aliphatic heterocycles. The van der Waals surface area contributed by atoms with Gasteiger partial charge in [-0.25, -0.2) is 4.98 Å². The van der Waals surface area contributed by atoms with E-state index in [-0.39, 0.29) is 17.8 Å². The van der Waals surface area contributed by atoms with Crippen molar-refractivity contribution in [3.8, 4) is 0 Å². The van der Waals surface area contributed by atoms with Crippen molar-refractivity contribution in [2.75, 3.05) is 13.1 Å². The third kappa shape index (κ3) is 3.54. The predicted molar refractivity (Wildman–Crippen MR) is 94.9 cm³/mol. The summed E-state index contributed by atoms with van der Waals surface area (Å²) < 4.78 is 6.55. The largest absolute Gasteiger partial charge is 0.393 e. The Labute approximate surface area is 147 Å². The van der Waals surface area contributed by atoms with Crippen molar-refractivity contribution < 1.29 is 9.84 Å². The van der Waals surface area contributed by atoms with E-state index in [2.05, 4.69) is 27.4 Å². The number of hydrogen-bond acceptors (Lipinski definition) is 5. The lowest BCUT2D eigenvalue weighted by atomic mass is 9.81. The predicted octanol–water partition coefficient (Wildman–Crippen LogP) is 3.39. The number of aliphatic hydroxyl groups is 1. The van der Waals surface area contributed by atoms with Gasteiger partial charge in [0.25, 0.3) is 0 Å². The molecular weight excluding hydrogens is 320 g/mol. The number of nitrogens with zero attached hydrogens (tertiary/aromatic N) is 2. The van der Waals surface area contributed by atoms with Crippen molar-refractivity contribution in [2.45, 2.75) is 50.0 Å². The fraction of sp³-hybridized carbons (Fsp3) is 0.526. The van der Waals surface area contributed by atoms with Crippen LogP contribution in [-0.4, -0.2) is 39.8 Å². The fourth-order valence-electron chi connectivity index (χ4n) is 4.02. The first-order chi connectivity index (χ1) is 11.7. The SMILES string of the molecule is O[C@@H]1C[C@H](c2ccccc2)OC2(CCN(Cc3cscn3)CC2)C1. The van der Waals surface area contributed by atoms with Crippen LogP contribution >= 0.6 is 11.3 Å². The standard InChI is InChI=1S/C19H24N2O2S/c22-17-10-18(15-4-2-1-3-5-15)23-19(11-17)6-8-21(9-7-19)12-16-13-24-14-20-16/h1-5,13-14,17-18,22H,6-12H2/t17-,18-/m1/s1. The molecule has 1 N–H and O–H groups in total. The Morgan fingerprint density at radius 2 is 2.04 bits per heavy atom. The minimum absolute atomic E-state index is 0.0139. The molecular formula is C19H24N2O2S. The number of thiazole rings is 1. The van der Waals surface area contributed by atoms with Gasteiger partial charge in [-0.05, 0) is 18.4 Å². The molecule has 1 spiro atoms. The van der Waals surface area contributed by atoms with Gasteiger partial charge in [0.2, 0.25) is 0 Å². The summed E-state index contributed by atoms with van der Waals surface area (Å²) >= 11 is 1.65. The Bertz CT molecular complexity index is 639. The molecule has 4 nitrogen and oxygen atoms in total. The topological polar surface area (TPSA) is 45.6 Å². The molecule has 2 saturated heterocycles. The Morgan fingerprint density at radius 3 is 2.75 bits per heavy atom. The van der Waals surface area contributed by atoms with Gasteiger partial charge in [-0.15, -0.1) is 11.3 Å². The summed E-state index contributed by atoms with van der Waals surface area (Å²) in [5, 5.41) is 12.6. The zero-order chi connectivity index (χ0) is 16.4. The number of likely N-dealkylation sites (tertiary alicyclic amines) is 1. The van der Waals surface area contributed by atoms with E-state index in [1.807, 2.05) is 23.7 Å². The van der Waals surface area contributed by atoms with Crippen LogP contribution in [0.1, 0.15) is 43.0 Å². The normalized spacial score (nSPS) is 27.4. The second kappa shape index (κ2) is 6.92. The van der Waals surface area contributed by atoms with E-state index in [1.165, 1.54) is 5.56 Å². The monoisotopic (exact) mass is 344 g/mol. The maximum Gasteiger partial charge on any atom is 0.0857 e. The third-order valence-electron chi connectivity index (χ3n) is 5.29. The van der Waals surface area contributed by atoms with Crippen LogP contribution in [0.5, 0.6) is 0 Å². The van der Waals surface area contributed by atoms with Gasteiger partial charge >= 0.3 is 0 Å². The van der Waals surface area contributed by atoms with E-state index in [0.29, 0.717) is 6.42 Å². The molecule has 0 amide bonds. The van der Waals surface area contributed by atoms with Gasteiger partial charge in [-0.2, -0.15) is 0 Å². The highest BCUT2D eigenvalue weighted by Crippen LogP contribution is 2.43. The second-order valence-electron chi connectivity index (χ2n) is 7.05. The lowest BCUT2D eigenvalue weighted by Crippen LogP contribution is -2.50. The van der Waals surface area contributed by atoms with Gasteiger partial charge in [0, 0.05) is 37.9 Å². The molecule has 4 rings (SSSR count). The van der Waals surface area contributed by atoms with Crippen LogP contribution in [0.25, 0.3) is 0 Å². The van der Waals surface area contributed by atoms with Crippen LogP contribution in [0.15, 0.2) is 41.2 Å². The summed E-state index contributed by atoms with van der Waals surface area (Å²) in [7, 11) is 0. The number of aromatic nitrogens is 1. The zero-order valence-electron chi connectivity index (χ0n) is 13.8. The number of rotatable bonds is 3. The smallest absolute Gasteiger partial charge is 0.0857 e. The van der Waals surface area contributed by atoms with Crippen LogP contribution in [0.3, 0.4) is 0 Å². The fourth-order valence-corrected chi connectivity index (χ4v) is 4.56. The molecule has 0 aliphatic carbocycles. The highest BCUT2D eigenvalue weighted by molar-refractivity contribution is 7.07. The maximum atomic E-state index is 10.4. The third-order valence-corrected chi connectivity index (χ3v) is 5.93. The Hall–Kier alpha value is -1.27. The number of piperidine rings is 1. The molecule has 0 bridgehead atoms. The molecule has 2 fully saturated rings. The molecule has 5 heteroatoms. The van der Waals surface area contributed by atoms with Crippen LogP contribution in [0, 0.1) is 0 Å². The lowest BCUT2D eigenvalue weighted by Gasteiger charge is -2.48. The average molecular weight is 344 g/mol. The van der Waals surface area contributed by atoms with Crippen LogP contribution in [0.2, 0.25) is 0 Å². The van der Waals surface area contributed by atoms with Gasteiger partial charge in [-0.1, -0.05) is 30.3 Å². The Balaban J connectivity index is 1.41. The van der Waals surface area contributed by atoms with Crippen molar-refractivity contribution in [3.63, 3.8) is 0 Å². The quantitative estimate of drug-likeness (QED) is 0.927. The maximum absolute atomic E-state index is 10.4. The molecule has 0 unspecified atom stereocenters. The van der Waals surface area contributed by atoms with Gasteiger partial charge in [0.05, 0.1) is 29.0 Å². The van der Waals surface area contributed by atoms with Gasteiger partial charge in [0.1, 0.15) is 0 Å². The van der Waals surface area contributed by atoms with E-state index in [9.17, 15) is 5.11 Å². The summed E-state index contributed by atoms with van der Waals surface area (Å²) in [6, 6.07) is 10.3. The molecule has 24 heavy (non-hydrogen) atoms. The number of ether oxygens (including phenoxy) is 1. The van der Waals surface area contributed by atoms with E-state index < -0.39 is 0 Å². The Kier molecular flexibility index (Phi) is 4.68. The first-order valence-corrected chi connectivity index (χ1v) is 9.67. The van der Waals surface area contributed by atoms with Crippen LogP contribution in [-0.2, 0) is 11.3 Å².